The summed E-state index contributed by atoms with van der Waals surface area (Å²) in [7, 11) is 0. The fraction of sp³-hybridized carbons (Fsp3) is 0.292. The smallest absolute Gasteiger partial charge is 0.0630 e. The summed E-state index contributed by atoms with van der Waals surface area (Å²) in [5.74, 6) is 0.598. The van der Waals surface area contributed by atoms with Crippen molar-refractivity contribution in [1.82, 2.24) is 4.57 Å². The highest BCUT2D eigenvalue weighted by Crippen LogP contribution is 2.23. The molecule has 0 N–H and O–H groups in total. The lowest BCUT2D eigenvalue weighted by atomic mass is 9.99. The van der Waals surface area contributed by atoms with E-state index < -0.39 is 0 Å². The van der Waals surface area contributed by atoms with Crippen LogP contribution in [0.4, 0.5) is 5.69 Å². The van der Waals surface area contributed by atoms with Crippen LogP contribution in [-0.2, 0) is 0 Å². The number of benzene rings is 2. The Morgan fingerprint density at radius 3 is 2.38 bits per heavy atom. The molecule has 0 fully saturated rings. The third kappa shape index (κ3) is 3.80. The lowest BCUT2D eigenvalue weighted by molar-refractivity contribution is 0.734. The van der Waals surface area contributed by atoms with Crippen molar-refractivity contribution in [3.63, 3.8) is 0 Å². The molecule has 26 heavy (non-hydrogen) atoms. The van der Waals surface area contributed by atoms with Crippen LogP contribution in [-0.4, -0.2) is 10.8 Å². The molecule has 1 aromatic heterocycles. The van der Waals surface area contributed by atoms with E-state index in [9.17, 15) is 0 Å². The Morgan fingerprint density at radius 2 is 1.73 bits per heavy atom. The van der Waals surface area contributed by atoms with Crippen molar-refractivity contribution >= 4 is 11.9 Å². The van der Waals surface area contributed by atoms with E-state index in [0.29, 0.717) is 5.92 Å². The highest BCUT2D eigenvalue weighted by atomic mass is 15.0. The van der Waals surface area contributed by atoms with Crippen LogP contribution < -0.4 is 0 Å². The van der Waals surface area contributed by atoms with Crippen molar-refractivity contribution in [3.05, 3.63) is 82.7 Å². The summed E-state index contributed by atoms with van der Waals surface area (Å²) in [6.07, 6.45) is 3.14. The average molecular weight is 345 g/mol. The molecule has 2 aromatic carbocycles. The summed E-state index contributed by atoms with van der Waals surface area (Å²) in [4.78, 5) is 4.69. The maximum Gasteiger partial charge on any atom is 0.0630 e. The number of aromatic nitrogens is 1. The summed E-state index contributed by atoms with van der Waals surface area (Å²) >= 11 is 0. The van der Waals surface area contributed by atoms with E-state index in [1.165, 1.54) is 28.2 Å². The zero-order valence-corrected chi connectivity index (χ0v) is 16.5. The van der Waals surface area contributed by atoms with Crippen molar-refractivity contribution in [2.75, 3.05) is 0 Å². The van der Waals surface area contributed by atoms with Gasteiger partial charge in [-0.1, -0.05) is 38.1 Å². The minimum atomic E-state index is 0.598. The molecule has 0 aliphatic heterocycles. The van der Waals surface area contributed by atoms with Crippen LogP contribution in [0.15, 0.2) is 59.6 Å². The van der Waals surface area contributed by atoms with Crippen LogP contribution in [0.1, 0.15) is 54.3 Å². The van der Waals surface area contributed by atoms with Crippen LogP contribution >= 0.6 is 0 Å². The lowest BCUT2D eigenvalue weighted by Gasteiger charge is -2.10. The standard InChI is InChI=1S/C24H28N2/c1-6-18(3)21-10-12-23(13-11-21)25-16-22-15-19(4)26(20(22)5)24-9-7-8-17(2)14-24/h7-16,18H,6H2,1-5H3/t18-/m0/s1. The van der Waals surface area contributed by atoms with Gasteiger partial charge in [-0.3, -0.25) is 4.99 Å². The molecule has 0 bridgehead atoms. The van der Waals surface area contributed by atoms with Gasteiger partial charge in [-0.25, -0.2) is 0 Å². The molecule has 0 saturated heterocycles. The molecule has 1 atom stereocenters. The van der Waals surface area contributed by atoms with Gasteiger partial charge in [0, 0.05) is 28.9 Å². The Bertz CT molecular complexity index is 914. The van der Waals surface area contributed by atoms with Gasteiger partial charge in [-0.15, -0.1) is 0 Å². The maximum atomic E-state index is 4.69. The number of aryl methyl sites for hydroxylation is 2. The Balaban J connectivity index is 1.87. The largest absolute Gasteiger partial charge is 0.318 e. The van der Waals surface area contributed by atoms with Crippen LogP contribution in [0.2, 0.25) is 0 Å². The zero-order valence-electron chi connectivity index (χ0n) is 16.5. The predicted molar refractivity (Wildman–Crippen MR) is 112 cm³/mol. The first kappa shape index (κ1) is 18.2. The van der Waals surface area contributed by atoms with Gasteiger partial charge in [0.05, 0.1) is 5.69 Å². The zero-order chi connectivity index (χ0) is 18.7. The fourth-order valence-corrected chi connectivity index (χ4v) is 3.35. The molecule has 3 aromatic rings. The van der Waals surface area contributed by atoms with Gasteiger partial charge in [-0.2, -0.15) is 0 Å². The summed E-state index contributed by atoms with van der Waals surface area (Å²) in [5.41, 5.74) is 8.45. The minimum absolute atomic E-state index is 0.598. The van der Waals surface area contributed by atoms with Crippen LogP contribution in [0, 0.1) is 20.8 Å². The second-order valence-corrected chi connectivity index (χ2v) is 7.16. The SMILES string of the molecule is CC[C@H](C)c1ccc(N=Cc2cc(C)n(-c3cccc(C)c3)c2C)cc1. The molecule has 2 nitrogen and oxygen atoms in total. The van der Waals surface area contributed by atoms with Crippen LogP contribution in [0.5, 0.6) is 0 Å². The molecule has 0 amide bonds. The Kier molecular flexibility index (Phi) is 5.41. The van der Waals surface area contributed by atoms with Gasteiger partial charge < -0.3 is 4.57 Å². The first-order valence-electron chi connectivity index (χ1n) is 9.39. The molecule has 0 saturated carbocycles. The van der Waals surface area contributed by atoms with E-state index in [2.05, 4.69) is 93.8 Å². The van der Waals surface area contributed by atoms with Gasteiger partial charge in [-0.05, 0) is 74.6 Å². The number of hydrogen-bond donors (Lipinski definition) is 0. The van der Waals surface area contributed by atoms with E-state index in [1.807, 2.05) is 6.21 Å². The summed E-state index contributed by atoms with van der Waals surface area (Å²) < 4.78 is 2.29. The highest BCUT2D eigenvalue weighted by Gasteiger charge is 2.09. The maximum absolute atomic E-state index is 4.69. The normalized spacial score (nSPS) is 12.7. The van der Waals surface area contributed by atoms with E-state index in [-0.39, 0.29) is 0 Å². The first-order valence-corrected chi connectivity index (χ1v) is 9.39. The topological polar surface area (TPSA) is 17.3 Å². The summed E-state index contributed by atoms with van der Waals surface area (Å²) in [6.45, 7) is 10.9. The molecule has 0 aliphatic rings. The third-order valence-corrected chi connectivity index (χ3v) is 5.16. The number of hydrogen-bond acceptors (Lipinski definition) is 1. The van der Waals surface area contributed by atoms with E-state index in [4.69, 9.17) is 4.99 Å². The monoisotopic (exact) mass is 344 g/mol. The molecule has 1 heterocycles. The molecular formula is C24H28N2. The van der Waals surface area contributed by atoms with Crippen LogP contribution in [0.25, 0.3) is 5.69 Å². The van der Waals surface area contributed by atoms with Gasteiger partial charge >= 0.3 is 0 Å². The number of nitrogens with zero attached hydrogens (tertiary/aromatic N) is 2. The predicted octanol–water partition coefficient (Wildman–Crippen LogP) is 6.67. The molecule has 2 heteroatoms. The fourth-order valence-electron chi connectivity index (χ4n) is 3.35. The van der Waals surface area contributed by atoms with E-state index in [0.717, 1.165) is 17.7 Å². The van der Waals surface area contributed by atoms with Crippen molar-refractivity contribution in [1.29, 1.82) is 0 Å². The Hall–Kier alpha value is -2.61. The Labute approximate surface area is 157 Å². The average Bonchev–Trinajstić information content (AvgIpc) is 2.93. The van der Waals surface area contributed by atoms with Crippen molar-refractivity contribution in [3.8, 4) is 5.69 Å². The van der Waals surface area contributed by atoms with Crippen molar-refractivity contribution in [2.45, 2.75) is 47.0 Å². The third-order valence-electron chi connectivity index (χ3n) is 5.16. The Morgan fingerprint density at radius 1 is 1.00 bits per heavy atom. The van der Waals surface area contributed by atoms with Gasteiger partial charge in [0.15, 0.2) is 0 Å². The second kappa shape index (κ2) is 7.74. The number of rotatable bonds is 5. The molecule has 0 aliphatic carbocycles. The van der Waals surface area contributed by atoms with Gasteiger partial charge in [0.1, 0.15) is 0 Å². The van der Waals surface area contributed by atoms with E-state index >= 15 is 0 Å². The molecule has 3 rings (SSSR count). The van der Waals surface area contributed by atoms with Crippen LogP contribution in [0.3, 0.4) is 0 Å². The van der Waals surface area contributed by atoms with Crippen molar-refractivity contribution in [2.24, 2.45) is 4.99 Å². The molecule has 0 radical (unpaired) electrons. The molecular weight excluding hydrogens is 316 g/mol. The lowest BCUT2D eigenvalue weighted by Crippen LogP contribution is -1.99. The minimum Gasteiger partial charge on any atom is -0.318 e. The highest BCUT2D eigenvalue weighted by molar-refractivity contribution is 5.84. The summed E-state index contributed by atoms with van der Waals surface area (Å²) in [6, 6.07) is 19.4. The first-order chi connectivity index (χ1) is 12.5. The molecule has 0 unspecified atom stereocenters. The molecule has 134 valence electrons. The van der Waals surface area contributed by atoms with Crippen molar-refractivity contribution < 1.29 is 0 Å². The number of aliphatic imine (C=N–C) groups is 1. The quantitative estimate of drug-likeness (QED) is 0.460. The van der Waals surface area contributed by atoms with E-state index in [1.54, 1.807) is 0 Å². The second-order valence-electron chi connectivity index (χ2n) is 7.16. The summed E-state index contributed by atoms with van der Waals surface area (Å²) in [5, 5.41) is 0. The molecule has 0 spiro atoms. The van der Waals surface area contributed by atoms with Gasteiger partial charge in [0.2, 0.25) is 0 Å². The van der Waals surface area contributed by atoms with Gasteiger partial charge in [0.25, 0.3) is 0 Å².